The summed E-state index contributed by atoms with van der Waals surface area (Å²) in [5, 5.41) is 0. The van der Waals surface area contributed by atoms with Gasteiger partial charge in [-0.1, -0.05) is 46.4 Å². The molecule has 0 heterocycles. The minimum absolute atomic E-state index is 0.156. The van der Waals surface area contributed by atoms with Gasteiger partial charge in [0, 0.05) is 6.08 Å². The highest BCUT2D eigenvalue weighted by atomic mass is 19.4. The Balaban J connectivity index is 4.67. The van der Waals surface area contributed by atoms with Crippen LogP contribution in [-0.4, -0.2) is 12.5 Å². The molecule has 0 aromatic carbocycles. The zero-order valence-electron chi connectivity index (χ0n) is 17.1. The average molecular weight is 428 g/mol. The number of hydrogen-bond donors (Lipinski definition) is 0. The molecule has 0 aliphatic rings. The van der Waals surface area contributed by atoms with Crippen molar-refractivity contribution in [2.75, 3.05) is 0 Å². The van der Waals surface area contributed by atoms with Gasteiger partial charge in [0.1, 0.15) is 5.76 Å². The van der Waals surface area contributed by atoms with Gasteiger partial charge in [-0.2, -0.15) is 8.78 Å². The quantitative estimate of drug-likeness (QED) is 0.0916. The first-order valence-electron chi connectivity index (χ1n) is 9.38. The molecule has 0 aliphatic carbocycles. The molecule has 2 nitrogen and oxygen atoms in total. The van der Waals surface area contributed by atoms with Crippen LogP contribution in [0.3, 0.4) is 0 Å². The molecule has 0 spiro atoms. The van der Waals surface area contributed by atoms with Crippen LogP contribution in [0.2, 0.25) is 0 Å². The Labute approximate surface area is 168 Å². The Bertz CT molecular complexity index is 580. The third kappa shape index (κ3) is 11.7. The number of ether oxygens (including phenoxy) is 2. The highest BCUT2D eigenvalue weighted by Gasteiger charge is 2.39. The maximum atomic E-state index is 14.2. The summed E-state index contributed by atoms with van der Waals surface area (Å²) in [6, 6.07) is 0. The van der Waals surface area contributed by atoms with E-state index in [9.17, 15) is 26.3 Å². The van der Waals surface area contributed by atoms with Gasteiger partial charge in [-0.25, -0.2) is 4.39 Å². The largest absolute Gasteiger partial charge is 0.573 e. The minimum atomic E-state index is -5.15. The van der Waals surface area contributed by atoms with E-state index in [-0.39, 0.29) is 18.4 Å². The van der Waals surface area contributed by atoms with Crippen molar-refractivity contribution in [1.29, 1.82) is 0 Å². The summed E-state index contributed by atoms with van der Waals surface area (Å²) < 4.78 is 85.7. The van der Waals surface area contributed by atoms with Gasteiger partial charge < -0.3 is 9.47 Å². The van der Waals surface area contributed by atoms with E-state index in [1.54, 1.807) is 0 Å². The van der Waals surface area contributed by atoms with Crippen LogP contribution in [0.4, 0.5) is 26.3 Å². The number of alkyl halides is 5. The van der Waals surface area contributed by atoms with E-state index in [4.69, 9.17) is 0 Å². The summed E-state index contributed by atoms with van der Waals surface area (Å²) in [6.45, 7) is 14.9. The standard InChI is InChI=1S/C21H30F6O2/c1-7-8-9-10-14(2)15(3)11-12-16(4)20(23,24)28-17(5)13-19(22)18(6)29-21(25,26)27/h7,13-16H,1,5-6,8-12H2,2-4H3/b19-13-. The summed E-state index contributed by atoms with van der Waals surface area (Å²) in [4.78, 5) is 0. The van der Waals surface area contributed by atoms with Crippen LogP contribution in [0.5, 0.6) is 0 Å². The van der Waals surface area contributed by atoms with E-state index in [0.29, 0.717) is 12.3 Å². The molecule has 0 aromatic rings. The molecule has 0 amide bonds. The molecule has 0 bridgehead atoms. The molecule has 0 N–H and O–H groups in total. The lowest BCUT2D eigenvalue weighted by Gasteiger charge is -2.27. The zero-order valence-corrected chi connectivity index (χ0v) is 17.1. The molecule has 8 heteroatoms. The van der Waals surface area contributed by atoms with Gasteiger partial charge in [0.05, 0.1) is 5.92 Å². The van der Waals surface area contributed by atoms with Crippen LogP contribution in [-0.2, 0) is 9.47 Å². The van der Waals surface area contributed by atoms with Crippen molar-refractivity contribution < 1.29 is 35.8 Å². The fraction of sp³-hybridized carbons (Fsp3) is 0.619. The van der Waals surface area contributed by atoms with Gasteiger partial charge in [-0.05, 0) is 37.5 Å². The second kappa shape index (κ2) is 12.0. The van der Waals surface area contributed by atoms with Gasteiger partial charge in [-0.15, -0.1) is 19.8 Å². The lowest BCUT2D eigenvalue weighted by Crippen LogP contribution is -2.29. The molecular formula is C21H30F6O2. The molecule has 3 unspecified atom stereocenters. The fourth-order valence-corrected chi connectivity index (χ4v) is 2.55. The number of unbranched alkanes of at least 4 members (excludes halogenated alkanes) is 1. The molecule has 0 radical (unpaired) electrons. The van der Waals surface area contributed by atoms with Gasteiger partial charge >= 0.3 is 12.5 Å². The first kappa shape index (κ1) is 27.1. The van der Waals surface area contributed by atoms with Crippen molar-refractivity contribution in [2.45, 2.75) is 65.3 Å². The monoisotopic (exact) mass is 428 g/mol. The molecule has 168 valence electrons. The normalized spacial score (nSPS) is 16.0. The van der Waals surface area contributed by atoms with Crippen molar-refractivity contribution in [1.82, 2.24) is 0 Å². The maximum Gasteiger partial charge on any atom is 0.573 e. The van der Waals surface area contributed by atoms with Crippen LogP contribution >= 0.6 is 0 Å². The van der Waals surface area contributed by atoms with Gasteiger partial charge in [0.15, 0.2) is 11.6 Å². The van der Waals surface area contributed by atoms with Crippen molar-refractivity contribution in [3.8, 4) is 0 Å². The Morgan fingerprint density at radius 2 is 1.48 bits per heavy atom. The first-order valence-corrected chi connectivity index (χ1v) is 9.38. The van der Waals surface area contributed by atoms with Gasteiger partial charge in [0.25, 0.3) is 0 Å². The average Bonchev–Trinajstić information content (AvgIpc) is 2.57. The smallest absolute Gasteiger partial charge is 0.433 e. The molecule has 0 rings (SSSR count). The van der Waals surface area contributed by atoms with E-state index in [1.165, 1.54) is 6.92 Å². The van der Waals surface area contributed by atoms with E-state index >= 15 is 0 Å². The van der Waals surface area contributed by atoms with Crippen LogP contribution in [0.25, 0.3) is 0 Å². The Kier molecular flexibility index (Phi) is 11.2. The highest BCUT2D eigenvalue weighted by Crippen LogP contribution is 2.34. The zero-order chi connectivity index (χ0) is 22.8. The summed E-state index contributed by atoms with van der Waals surface area (Å²) in [7, 11) is 0. The molecule has 29 heavy (non-hydrogen) atoms. The number of rotatable bonds is 14. The third-order valence-corrected chi connectivity index (χ3v) is 4.73. The third-order valence-electron chi connectivity index (χ3n) is 4.73. The summed E-state index contributed by atoms with van der Waals surface area (Å²) in [5.41, 5.74) is 0. The second-order valence-electron chi connectivity index (χ2n) is 7.25. The second-order valence-corrected chi connectivity index (χ2v) is 7.25. The van der Waals surface area contributed by atoms with Crippen molar-refractivity contribution in [2.24, 2.45) is 17.8 Å². The van der Waals surface area contributed by atoms with E-state index in [1.807, 2.05) is 13.0 Å². The number of allylic oxidation sites excluding steroid dienone is 3. The number of hydrogen-bond acceptors (Lipinski definition) is 2. The minimum Gasteiger partial charge on any atom is -0.433 e. The van der Waals surface area contributed by atoms with Crippen molar-refractivity contribution in [3.05, 3.63) is 49.2 Å². The number of halogens is 6. The van der Waals surface area contributed by atoms with Crippen LogP contribution in [0, 0.1) is 17.8 Å². The van der Waals surface area contributed by atoms with Crippen LogP contribution < -0.4 is 0 Å². The predicted octanol–water partition coefficient (Wildman–Crippen LogP) is 8.06. The van der Waals surface area contributed by atoms with E-state index in [2.05, 4.69) is 36.1 Å². The van der Waals surface area contributed by atoms with E-state index < -0.39 is 35.7 Å². The SMILES string of the molecule is C=CCCCC(C)C(C)CCC(C)C(F)(F)OC(=C)/C=C(\F)C(=C)OC(F)(F)F. The molecule has 0 fully saturated rings. The predicted molar refractivity (Wildman–Crippen MR) is 101 cm³/mol. The Morgan fingerprint density at radius 3 is 2.00 bits per heavy atom. The molecule has 0 saturated carbocycles. The van der Waals surface area contributed by atoms with E-state index in [0.717, 1.165) is 19.3 Å². The van der Waals surface area contributed by atoms with Crippen molar-refractivity contribution >= 4 is 0 Å². The molecule has 0 saturated heterocycles. The van der Waals surface area contributed by atoms with Crippen LogP contribution in [0.15, 0.2) is 49.2 Å². The highest BCUT2D eigenvalue weighted by molar-refractivity contribution is 5.23. The lowest BCUT2D eigenvalue weighted by atomic mass is 9.85. The Hall–Kier alpha value is -1.86. The molecule has 3 atom stereocenters. The first-order chi connectivity index (χ1) is 13.2. The molecular weight excluding hydrogens is 398 g/mol. The Morgan fingerprint density at radius 1 is 0.931 bits per heavy atom. The molecule has 0 aliphatic heterocycles. The van der Waals surface area contributed by atoms with Crippen molar-refractivity contribution in [3.63, 3.8) is 0 Å². The topological polar surface area (TPSA) is 18.5 Å². The maximum absolute atomic E-state index is 14.2. The van der Waals surface area contributed by atoms with Crippen LogP contribution in [0.1, 0.15) is 52.9 Å². The fourth-order valence-electron chi connectivity index (χ4n) is 2.55. The summed E-state index contributed by atoms with van der Waals surface area (Å²) in [5.74, 6) is -4.44. The summed E-state index contributed by atoms with van der Waals surface area (Å²) in [6.07, 6.45) is -3.12. The summed E-state index contributed by atoms with van der Waals surface area (Å²) >= 11 is 0. The van der Waals surface area contributed by atoms with Gasteiger partial charge in [-0.3, -0.25) is 0 Å². The van der Waals surface area contributed by atoms with Gasteiger partial charge in [0.2, 0.25) is 0 Å². The lowest BCUT2D eigenvalue weighted by molar-refractivity contribution is -0.304. The molecule has 0 aromatic heterocycles.